The van der Waals surface area contributed by atoms with E-state index >= 15 is 0 Å². The SMILES string of the molecule is c1ccc(-c2ncc(-c3cc4cccc5c6cccc7ccc8cccc(c9cccc3c9c45)c8c76)nc2-c2ccccc2)cc1. The third-order valence-electron chi connectivity index (χ3n) is 9.61. The fourth-order valence-corrected chi connectivity index (χ4v) is 7.64. The summed E-state index contributed by atoms with van der Waals surface area (Å²) in [5.41, 5.74) is 5.83. The van der Waals surface area contributed by atoms with E-state index in [0.717, 1.165) is 33.8 Å². The van der Waals surface area contributed by atoms with Crippen molar-refractivity contribution in [1.82, 2.24) is 9.97 Å². The Morgan fingerprint density at radius 3 is 1.43 bits per heavy atom. The van der Waals surface area contributed by atoms with Gasteiger partial charge in [-0.3, -0.25) is 4.98 Å². The molecule has 10 aromatic rings. The van der Waals surface area contributed by atoms with Crippen LogP contribution in [-0.4, -0.2) is 9.97 Å². The first-order valence-corrected chi connectivity index (χ1v) is 15.8. The highest BCUT2D eigenvalue weighted by molar-refractivity contribution is 6.37. The zero-order valence-electron chi connectivity index (χ0n) is 24.9. The molecule has 1 aromatic heterocycles. The summed E-state index contributed by atoms with van der Waals surface area (Å²) in [6.45, 7) is 0. The second kappa shape index (κ2) is 9.69. The molecular weight excluding hydrogens is 556 g/mol. The smallest absolute Gasteiger partial charge is 0.0972 e. The molecule has 0 unspecified atom stereocenters. The minimum Gasteiger partial charge on any atom is -0.252 e. The second-order valence-electron chi connectivity index (χ2n) is 12.1. The maximum atomic E-state index is 5.40. The van der Waals surface area contributed by atoms with Gasteiger partial charge < -0.3 is 0 Å². The molecule has 46 heavy (non-hydrogen) atoms. The molecule has 0 bridgehead atoms. The van der Waals surface area contributed by atoms with E-state index in [0.29, 0.717) is 0 Å². The number of aromatic nitrogens is 2. The summed E-state index contributed by atoms with van der Waals surface area (Å²) in [4.78, 5) is 10.5. The van der Waals surface area contributed by atoms with E-state index in [-0.39, 0.29) is 0 Å². The Labute approximate surface area is 265 Å². The van der Waals surface area contributed by atoms with Gasteiger partial charge in [-0.05, 0) is 70.7 Å². The molecular formula is C44H26N2. The van der Waals surface area contributed by atoms with Gasteiger partial charge in [-0.25, -0.2) is 4.98 Å². The molecule has 2 heteroatoms. The van der Waals surface area contributed by atoms with Crippen LogP contribution in [0.4, 0.5) is 0 Å². The van der Waals surface area contributed by atoms with Crippen LogP contribution in [0.1, 0.15) is 0 Å². The molecule has 0 spiro atoms. The zero-order chi connectivity index (χ0) is 30.2. The summed E-state index contributed by atoms with van der Waals surface area (Å²) in [5.74, 6) is 0. The van der Waals surface area contributed by atoms with Crippen LogP contribution in [0.2, 0.25) is 0 Å². The molecule has 0 saturated carbocycles. The first-order chi connectivity index (χ1) is 22.8. The van der Waals surface area contributed by atoms with E-state index in [4.69, 9.17) is 9.97 Å². The van der Waals surface area contributed by atoms with Gasteiger partial charge in [0.15, 0.2) is 0 Å². The third-order valence-corrected chi connectivity index (χ3v) is 9.61. The van der Waals surface area contributed by atoms with E-state index in [2.05, 4.69) is 140 Å². The molecule has 0 aliphatic heterocycles. The Morgan fingerprint density at radius 1 is 0.348 bits per heavy atom. The molecule has 0 aliphatic rings. The number of hydrogen-bond acceptors (Lipinski definition) is 2. The first kappa shape index (κ1) is 25.2. The van der Waals surface area contributed by atoms with Crippen LogP contribution in [0, 0.1) is 0 Å². The first-order valence-electron chi connectivity index (χ1n) is 15.8. The van der Waals surface area contributed by atoms with Crippen LogP contribution < -0.4 is 0 Å². The van der Waals surface area contributed by atoms with Gasteiger partial charge in [-0.15, -0.1) is 0 Å². The average molecular weight is 583 g/mol. The maximum absolute atomic E-state index is 5.40. The normalized spacial score (nSPS) is 11.9. The van der Waals surface area contributed by atoms with Crippen LogP contribution in [0.15, 0.2) is 158 Å². The second-order valence-corrected chi connectivity index (χ2v) is 12.1. The Hall–Kier alpha value is -6.12. The lowest BCUT2D eigenvalue weighted by Crippen LogP contribution is -1.97. The zero-order valence-corrected chi connectivity index (χ0v) is 24.9. The van der Waals surface area contributed by atoms with Gasteiger partial charge >= 0.3 is 0 Å². The van der Waals surface area contributed by atoms with Gasteiger partial charge in [0.25, 0.3) is 0 Å². The highest BCUT2D eigenvalue weighted by Crippen LogP contribution is 2.45. The Kier molecular flexibility index (Phi) is 5.31. The van der Waals surface area contributed by atoms with E-state index < -0.39 is 0 Å². The van der Waals surface area contributed by atoms with Crippen LogP contribution >= 0.6 is 0 Å². The van der Waals surface area contributed by atoms with Crippen LogP contribution in [-0.2, 0) is 0 Å². The average Bonchev–Trinajstić information content (AvgIpc) is 3.13. The van der Waals surface area contributed by atoms with Crippen molar-refractivity contribution in [2.45, 2.75) is 0 Å². The monoisotopic (exact) mass is 582 g/mol. The fraction of sp³-hybridized carbons (Fsp3) is 0. The van der Waals surface area contributed by atoms with Crippen molar-refractivity contribution in [2.24, 2.45) is 0 Å². The predicted octanol–water partition coefficient (Wildman–Crippen LogP) is 11.8. The number of benzene rings is 8. The minimum absolute atomic E-state index is 0.866. The van der Waals surface area contributed by atoms with Gasteiger partial charge in [0.1, 0.15) is 0 Å². The Bertz CT molecular complexity index is 2780. The fourth-order valence-electron chi connectivity index (χ4n) is 7.64. The molecule has 212 valence electrons. The summed E-state index contributed by atoms with van der Waals surface area (Å²) in [5, 5.41) is 15.2. The van der Waals surface area contributed by atoms with Crippen molar-refractivity contribution in [3.8, 4) is 33.8 Å². The molecule has 0 fully saturated rings. The molecule has 0 N–H and O–H groups in total. The van der Waals surface area contributed by atoms with Crippen molar-refractivity contribution in [3.63, 3.8) is 0 Å². The lowest BCUT2D eigenvalue weighted by atomic mass is 9.86. The van der Waals surface area contributed by atoms with E-state index in [9.17, 15) is 0 Å². The van der Waals surface area contributed by atoms with E-state index in [1.807, 2.05) is 18.3 Å². The van der Waals surface area contributed by atoms with E-state index in [1.54, 1.807) is 0 Å². The van der Waals surface area contributed by atoms with Crippen molar-refractivity contribution in [1.29, 1.82) is 0 Å². The molecule has 9 aromatic carbocycles. The predicted molar refractivity (Wildman–Crippen MR) is 195 cm³/mol. The quantitative estimate of drug-likeness (QED) is 0.194. The summed E-state index contributed by atoms with van der Waals surface area (Å²) >= 11 is 0. The highest BCUT2D eigenvalue weighted by Gasteiger charge is 2.19. The molecule has 0 radical (unpaired) electrons. The summed E-state index contributed by atoms with van der Waals surface area (Å²) < 4.78 is 0. The maximum Gasteiger partial charge on any atom is 0.0972 e. The molecule has 0 amide bonds. The van der Waals surface area contributed by atoms with Crippen LogP contribution in [0.5, 0.6) is 0 Å². The molecule has 0 aliphatic carbocycles. The molecule has 10 rings (SSSR count). The minimum atomic E-state index is 0.866. The van der Waals surface area contributed by atoms with Crippen LogP contribution in [0.25, 0.3) is 98.4 Å². The lowest BCUT2D eigenvalue weighted by molar-refractivity contribution is 1.22. The van der Waals surface area contributed by atoms with Crippen molar-refractivity contribution in [2.75, 3.05) is 0 Å². The number of rotatable bonds is 3. The van der Waals surface area contributed by atoms with Crippen molar-refractivity contribution in [3.05, 3.63) is 158 Å². The van der Waals surface area contributed by atoms with Gasteiger partial charge in [-0.2, -0.15) is 0 Å². The third kappa shape index (κ3) is 3.59. The van der Waals surface area contributed by atoms with E-state index in [1.165, 1.54) is 64.6 Å². The summed E-state index contributed by atoms with van der Waals surface area (Å²) in [7, 11) is 0. The largest absolute Gasteiger partial charge is 0.252 e. The van der Waals surface area contributed by atoms with Gasteiger partial charge in [0, 0.05) is 16.7 Å². The number of nitrogens with zero attached hydrogens (tertiary/aromatic N) is 2. The van der Waals surface area contributed by atoms with Crippen molar-refractivity contribution < 1.29 is 0 Å². The van der Waals surface area contributed by atoms with Gasteiger partial charge in [-0.1, -0.05) is 146 Å². The Balaban J connectivity index is 1.38. The molecule has 0 saturated heterocycles. The standard InChI is InChI=1S/C44H26N2/c1-3-11-29(12-4-1)43-44(30-13-5-2-6-14-30)46-38(26-45-43)37-25-31-17-9-20-33-32-18-7-15-27-23-24-28-16-8-19-34(40(28)39(27)32)35-21-10-22-36(37)42(35)41(31)33/h1-26H. The van der Waals surface area contributed by atoms with Gasteiger partial charge in [0.2, 0.25) is 0 Å². The summed E-state index contributed by atoms with van der Waals surface area (Å²) in [6.07, 6.45) is 1.95. The number of hydrogen-bond donors (Lipinski definition) is 0. The van der Waals surface area contributed by atoms with Gasteiger partial charge in [0.05, 0.1) is 23.3 Å². The van der Waals surface area contributed by atoms with Crippen LogP contribution in [0.3, 0.4) is 0 Å². The molecule has 0 atom stereocenters. The number of fused-ring (bicyclic) bond motifs is 2. The lowest BCUT2D eigenvalue weighted by Gasteiger charge is -2.18. The Morgan fingerprint density at radius 2 is 0.826 bits per heavy atom. The van der Waals surface area contributed by atoms with Crippen molar-refractivity contribution >= 4 is 64.6 Å². The molecule has 2 nitrogen and oxygen atoms in total. The topological polar surface area (TPSA) is 25.8 Å². The summed E-state index contributed by atoms with van der Waals surface area (Å²) in [6, 6.07) is 54.6. The molecule has 1 heterocycles. The highest BCUT2D eigenvalue weighted by atomic mass is 14.8.